The van der Waals surface area contributed by atoms with E-state index in [9.17, 15) is 4.79 Å². The largest absolute Gasteiger partial charge is 0.465 e. The van der Waals surface area contributed by atoms with Gasteiger partial charge in [-0.25, -0.2) is 4.79 Å². The molecule has 1 aliphatic rings. The predicted molar refractivity (Wildman–Crippen MR) is 66.1 cm³/mol. The summed E-state index contributed by atoms with van der Waals surface area (Å²) < 4.78 is 0. The zero-order valence-corrected chi connectivity index (χ0v) is 10.1. The highest BCUT2D eigenvalue weighted by molar-refractivity contribution is 5.65. The zero-order chi connectivity index (χ0) is 12.3. The molecule has 1 aromatic rings. The van der Waals surface area contributed by atoms with Crippen molar-refractivity contribution < 1.29 is 9.90 Å². The first-order valence-electron chi connectivity index (χ1n) is 5.91. The van der Waals surface area contributed by atoms with Crippen molar-refractivity contribution >= 4 is 6.09 Å². The Morgan fingerprint density at radius 1 is 1.18 bits per heavy atom. The molecule has 1 amide bonds. The molecule has 0 aliphatic carbocycles. The summed E-state index contributed by atoms with van der Waals surface area (Å²) in [6.07, 6.45) is -0.806. The average molecular weight is 234 g/mol. The summed E-state index contributed by atoms with van der Waals surface area (Å²) in [4.78, 5) is 14.5. The molecule has 0 aromatic heterocycles. The van der Waals surface area contributed by atoms with Gasteiger partial charge in [-0.3, -0.25) is 4.90 Å². The Bertz CT molecular complexity index is 381. The molecular formula is C13H18N2O2. The Morgan fingerprint density at radius 3 is 2.29 bits per heavy atom. The fourth-order valence-electron chi connectivity index (χ4n) is 2.05. The highest BCUT2D eigenvalue weighted by Gasteiger charge is 2.19. The van der Waals surface area contributed by atoms with E-state index >= 15 is 0 Å². The van der Waals surface area contributed by atoms with Crippen LogP contribution < -0.4 is 0 Å². The molecule has 4 nitrogen and oxygen atoms in total. The van der Waals surface area contributed by atoms with E-state index in [1.807, 2.05) is 0 Å². The molecule has 1 heterocycles. The van der Waals surface area contributed by atoms with Gasteiger partial charge < -0.3 is 10.0 Å². The molecular weight excluding hydrogens is 216 g/mol. The van der Waals surface area contributed by atoms with Crippen molar-refractivity contribution in [3.8, 4) is 0 Å². The van der Waals surface area contributed by atoms with Gasteiger partial charge in [0.15, 0.2) is 0 Å². The summed E-state index contributed by atoms with van der Waals surface area (Å²) in [6, 6.07) is 8.50. The molecule has 1 saturated heterocycles. The third-order valence-corrected chi connectivity index (χ3v) is 3.17. The molecule has 0 saturated carbocycles. The minimum Gasteiger partial charge on any atom is -0.465 e. The first-order valence-corrected chi connectivity index (χ1v) is 5.91. The molecule has 4 heteroatoms. The molecule has 0 atom stereocenters. The Kier molecular flexibility index (Phi) is 3.64. The molecule has 1 fully saturated rings. The van der Waals surface area contributed by atoms with E-state index in [4.69, 9.17) is 5.11 Å². The zero-order valence-electron chi connectivity index (χ0n) is 10.1. The van der Waals surface area contributed by atoms with Crippen LogP contribution in [0, 0.1) is 6.92 Å². The van der Waals surface area contributed by atoms with Crippen molar-refractivity contribution in [2.45, 2.75) is 13.5 Å². The highest BCUT2D eigenvalue weighted by atomic mass is 16.4. The topological polar surface area (TPSA) is 43.8 Å². The fraction of sp³-hybridized carbons (Fsp3) is 0.462. The van der Waals surface area contributed by atoms with Crippen LogP contribution in [0.15, 0.2) is 24.3 Å². The molecule has 92 valence electrons. The number of rotatable bonds is 2. The molecule has 0 unspecified atom stereocenters. The Labute approximate surface area is 101 Å². The van der Waals surface area contributed by atoms with Crippen molar-refractivity contribution in [3.63, 3.8) is 0 Å². The summed E-state index contributed by atoms with van der Waals surface area (Å²) >= 11 is 0. The van der Waals surface area contributed by atoms with Crippen LogP contribution in [0.2, 0.25) is 0 Å². The lowest BCUT2D eigenvalue weighted by Crippen LogP contribution is -2.47. The molecule has 1 aromatic carbocycles. The first kappa shape index (κ1) is 11.9. The third kappa shape index (κ3) is 3.20. The minimum atomic E-state index is -0.806. The van der Waals surface area contributed by atoms with Crippen LogP contribution in [0.1, 0.15) is 11.1 Å². The van der Waals surface area contributed by atoms with E-state index in [1.165, 1.54) is 16.0 Å². The lowest BCUT2D eigenvalue weighted by atomic mass is 10.1. The van der Waals surface area contributed by atoms with Gasteiger partial charge >= 0.3 is 6.09 Å². The van der Waals surface area contributed by atoms with Crippen molar-refractivity contribution in [2.75, 3.05) is 26.2 Å². The average Bonchev–Trinajstić information content (AvgIpc) is 2.33. The summed E-state index contributed by atoms with van der Waals surface area (Å²) in [5.74, 6) is 0. The fourth-order valence-corrected chi connectivity index (χ4v) is 2.05. The number of benzene rings is 1. The lowest BCUT2D eigenvalue weighted by molar-refractivity contribution is 0.103. The van der Waals surface area contributed by atoms with E-state index in [1.54, 1.807) is 0 Å². The van der Waals surface area contributed by atoms with Gasteiger partial charge in [-0.1, -0.05) is 29.8 Å². The Morgan fingerprint density at radius 2 is 1.76 bits per heavy atom. The monoisotopic (exact) mass is 234 g/mol. The predicted octanol–water partition coefficient (Wildman–Crippen LogP) is 1.79. The van der Waals surface area contributed by atoms with Crippen molar-refractivity contribution in [3.05, 3.63) is 35.4 Å². The number of aryl methyl sites for hydroxylation is 1. The molecule has 0 radical (unpaired) electrons. The molecule has 0 bridgehead atoms. The number of hydrogen-bond acceptors (Lipinski definition) is 2. The van der Waals surface area contributed by atoms with Gasteiger partial charge in [-0.15, -0.1) is 0 Å². The van der Waals surface area contributed by atoms with E-state index in [2.05, 4.69) is 36.1 Å². The number of piperazine rings is 1. The first-order chi connectivity index (χ1) is 8.15. The summed E-state index contributed by atoms with van der Waals surface area (Å²) in [7, 11) is 0. The van der Waals surface area contributed by atoms with Gasteiger partial charge in [0.05, 0.1) is 0 Å². The lowest BCUT2D eigenvalue weighted by Gasteiger charge is -2.33. The second-order valence-electron chi connectivity index (χ2n) is 4.53. The highest BCUT2D eigenvalue weighted by Crippen LogP contribution is 2.09. The molecule has 1 N–H and O–H groups in total. The number of carboxylic acid groups (broad SMARTS) is 1. The SMILES string of the molecule is Cc1ccc(CN2CCN(C(=O)O)CC2)cc1. The smallest absolute Gasteiger partial charge is 0.407 e. The van der Waals surface area contributed by atoms with Gasteiger partial charge in [0, 0.05) is 32.7 Å². The third-order valence-electron chi connectivity index (χ3n) is 3.17. The van der Waals surface area contributed by atoms with Gasteiger partial charge in [-0.05, 0) is 12.5 Å². The summed E-state index contributed by atoms with van der Waals surface area (Å²) in [5, 5.41) is 8.85. The number of carbonyl (C=O) groups is 1. The van der Waals surface area contributed by atoms with Gasteiger partial charge in [0.2, 0.25) is 0 Å². The quantitative estimate of drug-likeness (QED) is 0.848. The van der Waals surface area contributed by atoms with E-state index < -0.39 is 6.09 Å². The molecule has 2 rings (SSSR count). The summed E-state index contributed by atoms with van der Waals surface area (Å²) in [6.45, 7) is 5.85. The maximum Gasteiger partial charge on any atom is 0.407 e. The van der Waals surface area contributed by atoms with E-state index in [0.717, 1.165) is 19.6 Å². The van der Waals surface area contributed by atoms with E-state index in [-0.39, 0.29) is 0 Å². The van der Waals surface area contributed by atoms with Crippen LogP contribution >= 0.6 is 0 Å². The second-order valence-corrected chi connectivity index (χ2v) is 4.53. The van der Waals surface area contributed by atoms with E-state index in [0.29, 0.717) is 13.1 Å². The van der Waals surface area contributed by atoms with Crippen LogP contribution in [-0.4, -0.2) is 47.2 Å². The van der Waals surface area contributed by atoms with Crippen LogP contribution in [0.25, 0.3) is 0 Å². The van der Waals surface area contributed by atoms with Crippen LogP contribution in [0.4, 0.5) is 4.79 Å². The second kappa shape index (κ2) is 5.19. The summed E-state index contributed by atoms with van der Waals surface area (Å²) in [5.41, 5.74) is 2.56. The van der Waals surface area contributed by atoms with Gasteiger partial charge in [-0.2, -0.15) is 0 Å². The van der Waals surface area contributed by atoms with Gasteiger partial charge in [0.1, 0.15) is 0 Å². The van der Waals surface area contributed by atoms with Crippen molar-refractivity contribution in [1.82, 2.24) is 9.80 Å². The number of amides is 1. The van der Waals surface area contributed by atoms with Crippen LogP contribution in [0.3, 0.4) is 0 Å². The Balaban J connectivity index is 1.85. The maximum absolute atomic E-state index is 10.8. The van der Waals surface area contributed by atoms with Crippen molar-refractivity contribution in [1.29, 1.82) is 0 Å². The standard InChI is InChI=1S/C13H18N2O2/c1-11-2-4-12(5-3-11)10-14-6-8-15(9-7-14)13(16)17/h2-5H,6-10H2,1H3,(H,16,17). The number of hydrogen-bond donors (Lipinski definition) is 1. The molecule has 0 spiro atoms. The molecule has 1 aliphatic heterocycles. The van der Waals surface area contributed by atoms with Crippen LogP contribution in [-0.2, 0) is 6.54 Å². The minimum absolute atomic E-state index is 0.612. The Hall–Kier alpha value is -1.55. The molecule has 17 heavy (non-hydrogen) atoms. The maximum atomic E-state index is 10.8. The normalized spacial score (nSPS) is 17.1. The number of nitrogens with zero attached hydrogens (tertiary/aromatic N) is 2. The van der Waals surface area contributed by atoms with Gasteiger partial charge in [0.25, 0.3) is 0 Å². The van der Waals surface area contributed by atoms with Crippen molar-refractivity contribution in [2.24, 2.45) is 0 Å². The van der Waals surface area contributed by atoms with Crippen LogP contribution in [0.5, 0.6) is 0 Å².